The van der Waals surface area contributed by atoms with E-state index < -0.39 is 0 Å². The summed E-state index contributed by atoms with van der Waals surface area (Å²) in [7, 11) is 0. The summed E-state index contributed by atoms with van der Waals surface area (Å²) < 4.78 is 6.16. The molecular weight excluding hydrogens is 380 g/mol. The largest absolute Gasteiger partial charge is 0.376 e. The van der Waals surface area contributed by atoms with E-state index in [2.05, 4.69) is 15.2 Å². The third-order valence-electron chi connectivity index (χ3n) is 6.81. The number of hydrogen-bond donors (Lipinski definition) is 1. The lowest BCUT2D eigenvalue weighted by Crippen LogP contribution is -2.37. The standard InChI is InChI=1S/C23H34N4O3/c1-3-26(4-2)22(29)12-20-23-16(11-21(28)25-17-8-9-17)13-27(19(23)15-30-20)14-18-7-5-6-10-24-18/h5-7,10,16-17,19-20,23H,3-4,8-9,11-15H2,1-2H3,(H,25,28)/t16-,19-,20+,23-/m1/s1. The molecule has 164 valence electrons. The van der Waals surface area contributed by atoms with Crippen LogP contribution in [-0.2, 0) is 20.9 Å². The molecule has 1 aromatic heterocycles. The molecule has 7 heteroatoms. The summed E-state index contributed by atoms with van der Waals surface area (Å²) in [5.41, 5.74) is 1.03. The summed E-state index contributed by atoms with van der Waals surface area (Å²) in [4.78, 5) is 34.1. The molecule has 0 bridgehead atoms. The number of aromatic nitrogens is 1. The average Bonchev–Trinajstić information content (AvgIpc) is 3.35. The molecule has 0 spiro atoms. The zero-order valence-corrected chi connectivity index (χ0v) is 18.1. The number of carbonyl (C=O) groups excluding carboxylic acids is 2. The van der Waals surface area contributed by atoms with Crippen molar-refractivity contribution in [3.63, 3.8) is 0 Å². The van der Waals surface area contributed by atoms with Crippen molar-refractivity contribution < 1.29 is 14.3 Å². The quantitative estimate of drug-likeness (QED) is 0.667. The predicted molar refractivity (Wildman–Crippen MR) is 113 cm³/mol. The van der Waals surface area contributed by atoms with Gasteiger partial charge in [0.25, 0.3) is 0 Å². The van der Waals surface area contributed by atoms with Crippen molar-refractivity contribution in [2.75, 3.05) is 26.2 Å². The van der Waals surface area contributed by atoms with Crippen LogP contribution in [0.25, 0.3) is 0 Å². The van der Waals surface area contributed by atoms with E-state index in [0.717, 1.165) is 44.7 Å². The van der Waals surface area contributed by atoms with Gasteiger partial charge in [-0.05, 0) is 44.7 Å². The van der Waals surface area contributed by atoms with Crippen molar-refractivity contribution in [2.24, 2.45) is 11.8 Å². The molecule has 3 fully saturated rings. The van der Waals surface area contributed by atoms with Crippen LogP contribution in [0.2, 0.25) is 0 Å². The van der Waals surface area contributed by atoms with E-state index in [0.29, 0.717) is 25.5 Å². The molecule has 2 saturated heterocycles. The molecule has 30 heavy (non-hydrogen) atoms. The maximum absolute atomic E-state index is 12.7. The van der Waals surface area contributed by atoms with E-state index in [9.17, 15) is 9.59 Å². The number of carbonyl (C=O) groups is 2. The highest BCUT2D eigenvalue weighted by Gasteiger charge is 2.51. The van der Waals surface area contributed by atoms with Crippen LogP contribution in [0, 0.1) is 11.8 Å². The molecule has 1 aromatic rings. The molecule has 3 heterocycles. The van der Waals surface area contributed by atoms with Crippen molar-refractivity contribution in [1.29, 1.82) is 0 Å². The van der Waals surface area contributed by atoms with Gasteiger partial charge in [0, 0.05) is 56.8 Å². The van der Waals surface area contributed by atoms with Crippen molar-refractivity contribution in [1.82, 2.24) is 20.1 Å². The minimum atomic E-state index is -0.115. The highest BCUT2D eigenvalue weighted by molar-refractivity contribution is 5.77. The minimum absolute atomic E-state index is 0.115. The number of likely N-dealkylation sites (tertiary alicyclic amines) is 1. The summed E-state index contributed by atoms with van der Waals surface area (Å²) in [5.74, 6) is 0.698. The van der Waals surface area contributed by atoms with E-state index in [1.807, 2.05) is 43.1 Å². The molecule has 4 atom stereocenters. The topological polar surface area (TPSA) is 74.8 Å². The van der Waals surface area contributed by atoms with Crippen LogP contribution in [0.15, 0.2) is 24.4 Å². The van der Waals surface area contributed by atoms with Crippen molar-refractivity contribution in [2.45, 2.75) is 64.3 Å². The lowest BCUT2D eigenvalue weighted by Gasteiger charge is -2.26. The fourth-order valence-corrected chi connectivity index (χ4v) is 5.12. The number of rotatable bonds is 9. The Balaban J connectivity index is 1.46. The Morgan fingerprint density at radius 1 is 1.23 bits per heavy atom. The number of nitrogens with zero attached hydrogens (tertiary/aromatic N) is 3. The monoisotopic (exact) mass is 414 g/mol. The SMILES string of the molecule is CCN(CC)C(=O)C[C@@H]1OC[C@@H]2[C@H]1[C@H](CC(=O)NC1CC1)CN2Cc1ccccn1. The maximum Gasteiger partial charge on any atom is 0.225 e. The van der Waals surface area contributed by atoms with Gasteiger partial charge in [-0.15, -0.1) is 0 Å². The first-order valence-electron chi connectivity index (χ1n) is 11.4. The van der Waals surface area contributed by atoms with Gasteiger partial charge in [0.15, 0.2) is 0 Å². The predicted octanol–water partition coefficient (Wildman–Crippen LogP) is 1.82. The zero-order valence-electron chi connectivity index (χ0n) is 18.1. The first kappa shape index (κ1) is 21.2. The van der Waals surface area contributed by atoms with Gasteiger partial charge in [-0.25, -0.2) is 0 Å². The number of amides is 2. The molecule has 2 amide bonds. The lowest BCUT2D eigenvalue weighted by molar-refractivity contribution is -0.133. The smallest absolute Gasteiger partial charge is 0.225 e. The van der Waals surface area contributed by atoms with Crippen molar-refractivity contribution in [3.05, 3.63) is 30.1 Å². The highest BCUT2D eigenvalue weighted by Crippen LogP contribution is 2.42. The van der Waals surface area contributed by atoms with Crippen molar-refractivity contribution >= 4 is 11.8 Å². The molecule has 1 aliphatic carbocycles. The number of nitrogens with one attached hydrogen (secondary N) is 1. The molecule has 1 saturated carbocycles. The summed E-state index contributed by atoms with van der Waals surface area (Å²) in [6.07, 6.45) is 4.81. The van der Waals surface area contributed by atoms with Crippen LogP contribution in [0.5, 0.6) is 0 Å². The van der Waals surface area contributed by atoms with Gasteiger partial charge in [-0.2, -0.15) is 0 Å². The Morgan fingerprint density at radius 2 is 2.03 bits per heavy atom. The average molecular weight is 415 g/mol. The maximum atomic E-state index is 12.7. The van der Waals surface area contributed by atoms with Crippen LogP contribution in [0.3, 0.4) is 0 Å². The minimum Gasteiger partial charge on any atom is -0.376 e. The molecule has 7 nitrogen and oxygen atoms in total. The Bertz CT molecular complexity index is 735. The number of fused-ring (bicyclic) bond motifs is 1. The fourth-order valence-electron chi connectivity index (χ4n) is 5.12. The Morgan fingerprint density at radius 3 is 2.70 bits per heavy atom. The fraction of sp³-hybridized carbons (Fsp3) is 0.696. The second-order valence-corrected chi connectivity index (χ2v) is 8.84. The Hall–Kier alpha value is -1.99. The van der Waals surface area contributed by atoms with Crippen LogP contribution >= 0.6 is 0 Å². The van der Waals surface area contributed by atoms with Gasteiger partial charge in [0.2, 0.25) is 11.8 Å². The molecule has 1 N–H and O–H groups in total. The third kappa shape index (κ3) is 4.83. The van der Waals surface area contributed by atoms with Gasteiger partial charge in [-0.3, -0.25) is 19.5 Å². The zero-order chi connectivity index (χ0) is 21.1. The summed E-state index contributed by atoms with van der Waals surface area (Å²) >= 11 is 0. The molecule has 2 aliphatic heterocycles. The van der Waals surface area contributed by atoms with Crippen LogP contribution in [-0.4, -0.2) is 71.0 Å². The van der Waals surface area contributed by atoms with Gasteiger partial charge in [0.1, 0.15) is 0 Å². The van der Waals surface area contributed by atoms with Crippen molar-refractivity contribution in [3.8, 4) is 0 Å². The van der Waals surface area contributed by atoms with Crippen LogP contribution in [0.4, 0.5) is 0 Å². The first-order valence-corrected chi connectivity index (χ1v) is 11.4. The molecule has 0 radical (unpaired) electrons. The molecule has 3 aliphatic rings. The first-order chi connectivity index (χ1) is 14.6. The molecular formula is C23H34N4O3. The van der Waals surface area contributed by atoms with Gasteiger partial charge in [0.05, 0.1) is 24.8 Å². The van der Waals surface area contributed by atoms with E-state index >= 15 is 0 Å². The number of hydrogen-bond acceptors (Lipinski definition) is 5. The third-order valence-corrected chi connectivity index (χ3v) is 6.81. The van der Waals surface area contributed by atoms with E-state index in [1.54, 1.807) is 0 Å². The van der Waals surface area contributed by atoms with E-state index in [4.69, 9.17) is 4.74 Å². The second kappa shape index (κ2) is 9.43. The van der Waals surface area contributed by atoms with Gasteiger partial charge < -0.3 is 15.0 Å². The second-order valence-electron chi connectivity index (χ2n) is 8.84. The number of ether oxygens (including phenoxy) is 1. The summed E-state index contributed by atoms with van der Waals surface area (Å²) in [5, 5.41) is 3.13. The summed E-state index contributed by atoms with van der Waals surface area (Å²) in [6.45, 7) is 7.68. The number of pyridine rings is 1. The highest BCUT2D eigenvalue weighted by atomic mass is 16.5. The molecule has 0 aromatic carbocycles. The Labute approximate surface area is 179 Å². The van der Waals surface area contributed by atoms with Gasteiger partial charge in [-0.1, -0.05) is 6.07 Å². The molecule has 0 unspecified atom stereocenters. The normalized spacial score (nSPS) is 28.3. The van der Waals surface area contributed by atoms with E-state index in [-0.39, 0.29) is 35.8 Å². The van der Waals surface area contributed by atoms with Gasteiger partial charge >= 0.3 is 0 Å². The van der Waals surface area contributed by atoms with Crippen LogP contribution < -0.4 is 5.32 Å². The lowest BCUT2D eigenvalue weighted by atomic mass is 9.84. The van der Waals surface area contributed by atoms with E-state index in [1.165, 1.54) is 0 Å². The summed E-state index contributed by atoms with van der Waals surface area (Å²) in [6, 6.07) is 6.58. The van der Waals surface area contributed by atoms with Crippen LogP contribution in [0.1, 0.15) is 45.2 Å². The molecule has 4 rings (SSSR count). The Kier molecular flexibility index (Phi) is 6.68.